The van der Waals surface area contributed by atoms with E-state index >= 15 is 0 Å². The molecule has 0 radical (unpaired) electrons. The van der Waals surface area contributed by atoms with E-state index in [-0.39, 0.29) is 23.4 Å². The number of aliphatic carboxylic acids is 2. The summed E-state index contributed by atoms with van der Waals surface area (Å²) >= 11 is 0. The first-order chi connectivity index (χ1) is 16.5. The molecule has 34 heavy (non-hydrogen) atoms. The summed E-state index contributed by atoms with van der Waals surface area (Å²) in [5.74, 6) is -2.21. The topological polar surface area (TPSA) is 99.7 Å². The van der Waals surface area contributed by atoms with E-state index in [1.807, 2.05) is 0 Å². The van der Waals surface area contributed by atoms with Crippen molar-refractivity contribution in [2.75, 3.05) is 0 Å². The molecule has 6 nitrogen and oxygen atoms in total. The van der Waals surface area contributed by atoms with Gasteiger partial charge in [-0.2, -0.15) is 0 Å². The maximum Gasteiger partial charge on any atom is 0.332 e. The molecule has 2 fully saturated rings. The molecular weight excluding hydrogens is 432 g/mol. The van der Waals surface area contributed by atoms with E-state index in [1.54, 1.807) is 0 Å². The summed E-state index contributed by atoms with van der Waals surface area (Å²) in [6.45, 7) is 4.42. The Bertz CT molecular complexity index is 589. The molecule has 0 aromatic rings. The Balaban J connectivity index is 1.66. The van der Waals surface area contributed by atoms with Crippen LogP contribution in [0.2, 0.25) is 0 Å². The summed E-state index contributed by atoms with van der Waals surface area (Å²) in [4.78, 5) is 23.6. The molecule has 0 amide bonds. The normalized spacial score (nSPS) is 24.1. The number of carbonyl (C=O) groups is 2. The number of carboxylic acid groups (broad SMARTS) is 2. The molecule has 0 aromatic heterocycles. The fourth-order valence-electron chi connectivity index (χ4n) is 5.01. The molecule has 6 heteroatoms. The van der Waals surface area contributed by atoms with Crippen molar-refractivity contribution in [3.8, 4) is 0 Å². The number of carboxylic acids is 2. The van der Waals surface area contributed by atoms with Gasteiger partial charge in [-0.05, 0) is 51.4 Å². The van der Waals surface area contributed by atoms with Gasteiger partial charge >= 0.3 is 11.9 Å². The zero-order valence-corrected chi connectivity index (χ0v) is 21.6. The van der Waals surface area contributed by atoms with E-state index in [2.05, 4.69) is 13.8 Å². The molecule has 2 aliphatic rings. The molecule has 0 saturated carbocycles. The summed E-state index contributed by atoms with van der Waals surface area (Å²) in [6, 6.07) is 0. The van der Waals surface area contributed by atoms with Crippen LogP contribution in [0.3, 0.4) is 0 Å². The zero-order chi connectivity index (χ0) is 24.8. The van der Waals surface area contributed by atoms with Crippen molar-refractivity contribution in [2.45, 2.75) is 154 Å². The molecule has 2 heterocycles. The highest BCUT2D eigenvalue weighted by atomic mass is 16.6. The van der Waals surface area contributed by atoms with E-state index in [0.717, 1.165) is 25.7 Å². The highest BCUT2D eigenvalue weighted by molar-refractivity contribution is 5.98. The minimum Gasteiger partial charge on any atom is -0.478 e. The quantitative estimate of drug-likeness (QED) is 0.0978. The van der Waals surface area contributed by atoms with Crippen LogP contribution in [0.15, 0.2) is 11.1 Å². The van der Waals surface area contributed by atoms with Gasteiger partial charge in [-0.15, -0.1) is 0 Å². The molecule has 0 spiro atoms. The van der Waals surface area contributed by atoms with E-state index < -0.39 is 11.9 Å². The molecule has 0 aliphatic carbocycles. The van der Waals surface area contributed by atoms with Gasteiger partial charge in [-0.3, -0.25) is 0 Å². The monoisotopic (exact) mass is 480 g/mol. The molecule has 2 saturated heterocycles. The van der Waals surface area contributed by atoms with Crippen molar-refractivity contribution in [1.82, 2.24) is 0 Å². The lowest BCUT2D eigenvalue weighted by Gasteiger charge is -2.09. The Morgan fingerprint density at radius 3 is 1.18 bits per heavy atom. The average Bonchev–Trinajstić information content (AvgIpc) is 3.72. The number of ether oxygens (including phenoxy) is 2. The lowest BCUT2D eigenvalue weighted by molar-refractivity contribution is -0.136. The van der Waals surface area contributed by atoms with Gasteiger partial charge in [0.25, 0.3) is 0 Å². The third-order valence-corrected chi connectivity index (χ3v) is 7.27. The second-order valence-corrected chi connectivity index (χ2v) is 10.2. The lowest BCUT2D eigenvalue weighted by atomic mass is 9.96. The van der Waals surface area contributed by atoms with Crippen molar-refractivity contribution in [3.05, 3.63) is 11.1 Å². The van der Waals surface area contributed by atoms with Gasteiger partial charge in [-0.25, -0.2) is 9.59 Å². The van der Waals surface area contributed by atoms with Crippen LogP contribution in [0.4, 0.5) is 0 Å². The van der Waals surface area contributed by atoms with Crippen LogP contribution in [0.5, 0.6) is 0 Å². The van der Waals surface area contributed by atoms with E-state index in [9.17, 15) is 19.8 Å². The van der Waals surface area contributed by atoms with Gasteiger partial charge in [0.15, 0.2) is 0 Å². The number of unbranched alkanes of at least 4 members (excludes halogenated alkanes) is 8. The Kier molecular flexibility index (Phi) is 13.8. The van der Waals surface area contributed by atoms with E-state index in [1.165, 1.54) is 64.2 Å². The van der Waals surface area contributed by atoms with Crippen molar-refractivity contribution < 1.29 is 29.3 Å². The van der Waals surface area contributed by atoms with Gasteiger partial charge in [0.05, 0.1) is 24.4 Å². The average molecular weight is 481 g/mol. The van der Waals surface area contributed by atoms with Crippen molar-refractivity contribution in [3.63, 3.8) is 0 Å². The van der Waals surface area contributed by atoms with Gasteiger partial charge in [0, 0.05) is 11.1 Å². The first-order valence-electron chi connectivity index (χ1n) is 14.0. The zero-order valence-electron chi connectivity index (χ0n) is 21.6. The Labute approximate surface area is 206 Å². The van der Waals surface area contributed by atoms with Crippen molar-refractivity contribution >= 4 is 11.9 Å². The van der Waals surface area contributed by atoms with Crippen LogP contribution in [-0.4, -0.2) is 46.6 Å². The first kappa shape index (κ1) is 28.8. The highest BCUT2D eigenvalue weighted by Gasteiger charge is 2.38. The molecule has 0 bridgehead atoms. The fraction of sp³-hybridized carbons (Fsp3) is 0.857. The molecule has 0 aromatic carbocycles. The van der Waals surface area contributed by atoms with Gasteiger partial charge in [0.2, 0.25) is 0 Å². The molecule has 2 rings (SSSR count). The standard InChI is InChI=1S/C28H48O6/c1-3-5-7-9-11-17-23-25(33-23)19-13-15-21(27(29)30)22(28(31)32)16-14-20-26-24(34-26)18-12-10-8-6-4-2/h23-26H,3-20H2,1-2H3,(H,29,30)(H,31,32)/b22-21-. The van der Waals surface area contributed by atoms with Crippen LogP contribution >= 0.6 is 0 Å². The largest absolute Gasteiger partial charge is 0.478 e. The van der Waals surface area contributed by atoms with E-state index in [4.69, 9.17) is 9.47 Å². The predicted octanol–water partition coefficient (Wildman–Crippen LogP) is 7.05. The van der Waals surface area contributed by atoms with Crippen LogP contribution in [0.25, 0.3) is 0 Å². The smallest absolute Gasteiger partial charge is 0.332 e. The van der Waals surface area contributed by atoms with Crippen LogP contribution < -0.4 is 0 Å². The minimum absolute atomic E-state index is 0.0634. The number of hydrogen-bond acceptors (Lipinski definition) is 4. The number of epoxide rings is 2. The second-order valence-electron chi connectivity index (χ2n) is 10.2. The Morgan fingerprint density at radius 2 is 0.853 bits per heavy atom. The van der Waals surface area contributed by atoms with Gasteiger partial charge in [0.1, 0.15) is 0 Å². The van der Waals surface area contributed by atoms with Gasteiger partial charge < -0.3 is 19.7 Å². The summed E-state index contributed by atoms with van der Waals surface area (Å²) in [7, 11) is 0. The fourth-order valence-corrected chi connectivity index (χ4v) is 5.01. The molecule has 2 N–H and O–H groups in total. The summed E-state index contributed by atoms with van der Waals surface area (Å²) in [5.41, 5.74) is 0.127. The molecule has 4 atom stereocenters. The van der Waals surface area contributed by atoms with Gasteiger partial charge in [-0.1, -0.05) is 78.1 Å². The maximum atomic E-state index is 11.8. The maximum absolute atomic E-state index is 11.8. The lowest BCUT2D eigenvalue weighted by Crippen LogP contribution is -2.12. The van der Waals surface area contributed by atoms with Crippen LogP contribution in [0, 0.1) is 0 Å². The molecule has 2 aliphatic heterocycles. The SMILES string of the molecule is CCCCCCCC1OC1CCC/C(C(=O)O)=C(\CCCC1OC1CCCCCCC)C(=O)O. The first-order valence-corrected chi connectivity index (χ1v) is 14.0. The summed E-state index contributed by atoms with van der Waals surface area (Å²) in [5, 5.41) is 19.3. The Morgan fingerprint density at radius 1 is 0.529 bits per heavy atom. The third kappa shape index (κ3) is 11.4. The third-order valence-electron chi connectivity index (χ3n) is 7.27. The van der Waals surface area contributed by atoms with Crippen molar-refractivity contribution in [1.29, 1.82) is 0 Å². The van der Waals surface area contributed by atoms with Crippen LogP contribution in [0.1, 0.15) is 129 Å². The van der Waals surface area contributed by atoms with E-state index in [0.29, 0.717) is 37.9 Å². The Hall–Kier alpha value is -1.40. The minimum atomic E-state index is -1.10. The second kappa shape index (κ2) is 16.3. The molecular formula is C28H48O6. The van der Waals surface area contributed by atoms with Crippen molar-refractivity contribution in [2.24, 2.45) is 0 Å². The highest BCUT2D eigenvalue weighted by Crippen LogP contribution is 2.34. The van der Waals surface area contributed by atoms with Crippen LogP contribution in [-0.2, 0) is 19.1 Å². The predicted molar refractivity (Wildman–Crippen MR) is 134 cm³/mol. The summed E-state index contributed by atoms with van der Waals surface area (Å²) < 4.78 is 11.5. The summed E-state index contributed by atoms with van der Waals surface area (Å²) in [6.07, 6.45) is 19.3. The molecule has 4 unspecified atom stereocenters. The number of hydrogen-bond donors (Lipinski definition) is 2. The molecule has 196 valence electrons. The number of rotatable bonds is 22.